The number of benzene rings is 2. The Hall–Kier alpha value is -3.17. The Morgan fingerprint density at radius 2 is 1.91 bits per heavy atom. The molecular formula is C25H22F4N2O3. The van der Waals surface area contributed by atoms with Crippen molar-refractivity contribution < 1.29 is 32.2 Å². The first-order valence-electron chi connectivity index (χ1n) is 10.9. The van der Waals surface area contributed by atoms with E-state index in [1.807, 2.05) is 0 Å². The maximum absolute atomic E-state index is 15.5. The summed E-state index contributed by atoms with van der Waals surface area (Å²) in [5.41, 5.74) is 0.635. The van der Waals surface area contributed by atoms with Gasteiger partial charge in [-0.15, -0.1) is 0 Å². The topological polar surface area (TPSA) is 65.6 Å². The van der Waals surface area contributed by atoms with Crippen molar-refractivity contribution in [1.82, 2.24) is 9.88 Å². The Labute approximate surface area is 192 Å². The smallest absolute Gasteiger partial charge is 0.335 e. The summed E-state index contributed by atoms with van der Waals surface area (Å²) < 4.78 is 65.3. The lowest BCUT2D eigenvalue weighted by atomic mass is 9.85. The van der Waals surface area contributed by atoms with Gasteiger partial charge < -0.3 is 14.8 Å². The number of halogens is 4. The molecule has 0 spiro atoms. The number of carboxylic acid groups (broad SMARTS) is 1. The minimum atomic E-state index is -2.76. The molecule has 3 heterocycles. The lowest BCUT2D eigenvalue weighted by molar-refractivity contribution is -0.130. The number of nitrogens with zero attached hydrogens (tertiary/aromatic N) is 1. The number of aromatic nitrogens is 1. The number of hydrogen-bond donors (Lipinski definition) is 2. The monoisotopic (exact) mass is 474 g/mol. The second-order valence-electron chi connectivity index (χ2n) is 8.67. The highest BCUT2D eigenvalue weighted by molar-refractivity contribution is 6.14. The van der Waals surface area contributed by atoms with Crippen LogP contribution >= 0.6 is 0 Å². The molecule has 5 rings (SSSR count). The van der Waals surface area contributed by atoms with Crippen LogP contribution in [-0.2, 0) is 16.0 Å². The molecule has 5 nitrogen and oxygen atoms in total. The Morgan fingerprint density at radius 3 is 2.53 bits per heavy atom. The fourth-order valence-electron chi connectivity index (χ4n) is 5.22. The highest BCUT2D eigenvalue weighted by atomic mass is 19.3. The third kappa shape index (κ3) is 3.59. The number of hydrogen-bond acceptors (Lipinski definition) is 3. The molecule has 178 valence electrons. The van der Waals surface area contributed by atoms with Crippen LogP contribution in [0, 0.1) is 11.6 Å². The van der Waals surface area contributed by atoms with Crippen LogP contribution in [0.5, 0.6) is 0 Å². The molecule has 2 N–H and O–H groups in total. The molecule has 9 heteroatoms. The summed E-state index contributed by atoms with van der Waals surface area (Å²) in [7, 11) is 0. The van der Waals surface area contributed by atoms with Crippen LogP contribution < -0.4 is 0 Å². The standard InChI is InChI=1S/C25H22F4N2O3/c1-12(25(32)33)13-8-17(26)21(18(27)9-13)23-22-16(15-4-2-3-5-19(15)30-22)10-20(24(28)29)31(23)14-6-7-34-11-14/h2-5,8-9,14,20,23-24,30H,1,6-7,10-11H2,(H,32,33)/t14?,20-,23?/m0/s1. The van der Waals surface area contributed by atoms with Crippen molar-refractivity contribution in [2.24, 2.45) is 0 Å². The molecule has 2 unspecified atom stereocenters. The SMILES string of the molecule is C=C(C(=O)O)c1cc(F)c(C2c3[nH]c4ccccc4c3C[C@@H](C(F)F)N2C2CCOC2)c(F)c1. The second-order valence-corrected chi connectivity index (χ2v) is 8.67. The largest absolute Gasteiger partial charge is 0.478 e. The average molecular weight is 474 g/mol. The number of aromatic amines is 1. The number of para-hydroxylation sites is 1. The third-order valence-electron chi connectivity index (χ3n) is 6.79. The number of ether oxygens (including phenoxy) is 1. The van der Waals surface area contributed by atoms with Crippen molar-refractivity contribution in [3.05, 3.63) is 77.0 Å². The molecule has 0 aliphatic carbocycles. The molecule has 2 aromatic carbocycles. The Balaban J connectivity index is 1.75. The zero-order valence-electron chi connectivity index (χ0n) is 18.0. The minimum absolute atomic E-state index is 0.0150. The molecule has 2 aliphatic rings. The first-order chi connectivity index (χ1) is 16.3. The van der Waals surface area contributed by atoms with Gasteiger partial charge in [-0.05, 0) is 42.2 Å². The molecule has 0 radical (unpaired) electrons. The summed E-state index contributed by atoms with van der Waals surface area (Å²) in [6, 6.07) is 6.04. The molecule has 1 saturated heterocycles. The first-order valence-corrected chi connectivity index (χ1v) is 10.9. The van der Waals surface area contributed by atoms with E-state index in [2.05, 4.69) is 11.6 Å². The van der Waals surface area contributed by atoms with E-state index in [1.54, 1.807) is 24.3 Å². The van der Waals surface area contributed by atoms with Gasteiger partial charge in [0.05, 0.1) is 24.3 Å². The fourth-order valence-corrected chi connectivity index (χ4v) is 5.22. The van der Waals surface area contributed by atoms with Crippen LogP contribution in [0.4, 0.5) is 17.6 Å². The number of carboxylic acids is 1. The van der Waals surface area contributed by atoms with Gasteiger partial charge >= 0.3 is 5.97 Å². The van der Waals surface area contributed by atoms with Gasteiger partial charge in [-0.1, -0.05) is 24.8 Å². The van der Waals surface area contributed by atoms with E-state index in [9.17, 15) is 18.7 Å². The molecule has 34 heavy (non-hydrogen) atoms. The normalized spacial score (nSPS) is 22.9. The minimum Gasteiger partial charge on any atom is -0.478 e. The maximum Gasteiger partial charge on any atom is 0.335 e. The number of nitrogens with one attached hydrogen (secondary N) is 1. The number of H-pyrrole nitrogens is 1. The molecule has 2 aliphatic heterocycles. The first kappa shape index (κ1) is 22.6. The maximum atomic E-state index is 15.5. The van der Waals surface area contributed by atoms with Crippen LogP contribution in [0.25, 0.3) is 16.5 Å². The molecule has 1 aromatic heterocycles. The van der Waals surface area contributed by atoms with Gasteiger partial charge in [0.2, 0.25) is 0 Å². The van der Waals surface area contributed by atoms with Gasteiger partial charge in [-0.3, -0.25) is 4.90 Å². The van der Waals surface area contributed by atoms with Crippen molar-refractivity contribution in [2.75, 3.05) is 13.2 Å². The van der Waals surface area contributed by atoms with Gasteiger partial charge in [0.15, 0.2) is 0 Å². The lowest BCUT2D eigenvalue weighted by Gasteiger charge is -2.45. The van der Waals surface area contributed by atoms with Crippen LogP contribution in [0.15, 0.2) is 43.0 Å². The summed E-state index contributed by atoms with van der Waals surface area (Å²) in [6.07, 6.45) is -2.30. The molecule has 3 atom stereocenters. The van der Waals surface area contributed by atoms with E-state index in [4.69, 9.17) is 4.74 Å². The van der Waals surface area contributed by atoms with Crippen LogP contribution in [-0.4, -0.2) is 52.7 Å². The van der Waals surface area contributed by atoms with Crippen molar-refractivity contribution in [3.63, 3.8) is 0 Å². The van der Waals surface area contributed by atoms with E-state index >= 15 is 8.78 Å². The summed E-state index contributed by atoms with van der Waals surface area (Å²) in [4.78, 5) is 16.0. The Bertz CT molecular complexity index is 1260. The lowest BCUT2D eigenvalue weighted by Crippen LogP contribution is -2.53. The number of alkyl halides is 2. The molecular weight excluding hydrogens is 452 g/mol. The Morgan fingerprint density at radius 1 is 1.21 bits per heavy atom. The van der Waals surface area contributed by atoms with Crippen LogP contribution in [0.2, 0.25) is 0 Å². The average Bonchev–Trinajstić information content (AvgIpc) is 3.45. The van der Waals surface area contributed by atoms with E-state index < -0.39 is 53.3 Å². The van der Waals surface area contributed by atoms with Gasteiger partial charge in [0.25, 0.3) is 6.43 Å². The molecule has 3 aromatic rings. The van der Waals surface area contributed by atoms with E-state index in [-0.39, 0.29) is 18.6 Å². The van der Waals surface area contributed by atoms with Gasteiger partial charge in [0.1, 0.15) is 11.6 Å². The highest BCUT2D eigenvalue weighted by Crippen LogP contribution is 2.45. The molecule has 1 fully saturated rings. The van der Waals surface area contributed by atoms with Crippen molar-refractivity contribution in [3.8, 4) is 0 Å². The van der Waals surface area contributed by atoms with Crippen molar-refractivity contribution >= 4 is 22.4 Å². The number of rotatable bonds is 5. The molecule has 0 amide bonds. The van der Waals surface area contributed by atoms with E-state index in [1.165, 1.54) is 4.90 Å². The van der Waals surface area contributed by atoms with E-state index in [0.29, 0.717) is 29.8 Å². The second kappa shape index (κ2) is 8.56. The zero-order chi connectivity index (χ0) is 24.1. The van der Waals surface area contributed by atoms with E-state index in [0.717, 1.165) is 17.5 Å². The predicted molar refractivity (Wildman–Crippen MR) is 118 cm³/mol. The predicted octanol–water partition coefficient (Wildman–Crippen LogP) is 4.91. The third-order valence-corrected chi connectivity index (χ3v) is 6.79. The number of fused-ring (bicyclic) bond motifs is 3. The summed E-state index contributed by atoms with van der Waals surface area (Å²) in [5.74, 6) is -3.46. The van der Waals surface area contributed by atoms with Crippen LogP contribution in [0.3, 0.4) is 0 Å². The fraction of sp³-hybridized carbons (Fsp3) is 0.320. The molecule has 0 saturated carbocycles. The quantitative estimate of drug-likeness (QED) is 0.407. The number of carbonyl (C=O) groups is 1. The summed E-state index contributed by atoms with van der Waals surface area (Å²) in [6.45, 7) is 3.90. The summed E-state index contributed by atoms with van der Waals surface area (Å²) >= 11 is 0. The van der Waals surface area contributed by atoms with Gasteiger partial charge in [0, 0.05) is 34.8 Å². The van der Waals surface area contributed by atoms with Crippen LogP contribution in [0.1, 0.15) is 34.8 Å². The van der Waals surface area contributed by atoms with Crippen molar-refractivity contribution in [2.45, 2.75) is 37.4 Å². The Kier molecular flexibility index (Phi) is 5.69. The van der Waals surface area contributed by atoms with Crippen molar-refractivity contribution in [1.29, 1.82) is 0 Å². The van der Waals surface area contributed by atoms with Gasteiger partial charge in [-0.25, -0.2) is 22.4 Å². The van der Waals surface area contributed by atoms with Gasteiger partial charge in [-0.2, -0.15) is 0 Å². The number of aliphatic carboxylic acids is 1. The summed E-state index contributed by atoms with van der Waals surface area (Å²) in [5, 5.41) is 9.90. The highest BCUT2D eigenvalue weighted by Gasteiger charge is 2.47. The molecule has 0 bridgehead atoms. The zero-order valence-corrected chi connectivity index (χ0v) is 18.0.